The molecule has 1 atom stereocenters. The van der Waals surface area contributed by atoms with Crippen LogP contribution in [0.2, 0.25) is 0 Å². The number of carbonyl (C=O) groups is 2. The fourth-order valence-corrected chi connectivity index (χ4v) is 5.68. The summed E-state index contributed by atoms with van der Waals surface area (Å²) in [7, 11) is 0. The first-order chi connectivity index (χ1) is 27.6. The van der Waals surface area contributed by atoms with Crippen molar-refractivity contribution in [1.29, 1.82) is 0 Å². The minimum absolute atomic E-state index is 0.0947. The third-order valence-electron chi connectivity index (χ3n) is 9.05. The standard InChI is InChI=1S/C51H82O5/c1-3-5-7-9-11-13-15-17-19-20-21-22-23-24-25-26-27-28-29-30-32-34-36-38-40-42-44-46-51(54)56-49(47-52)48-55-50(53)45-43-41-39-37-35-33-31-18-16-14-12-10-8-6-4-2/h5,7,11,13,17-19,21-22,24-25,27-28,30-32,36,38,49,52H,3-4,6,8-10,12,14-16,20,23,26,29,33-35,37,39-48H2,1-2H3/b7-5-,13-11-,19-17-,22-21-,25-24-,28-27-,31-18-,32-30-,38-36-. The first-order valence-electron chi connectivity index (χ1n) is 22.4. The second-order valence-corrected chi connectivity index (χ2v) is 14.4. The highest BCUT2D eigenvalue weighted by molar-refractivity contribution is 5.70. The highest BCUT2D eigenvalue weighted by atomic mass is 16.6. The number of aliphatic hydroxyl groups is 1. The number of esters is 2. The van der Waals surface area contributed by atoms with E-state index in [0.29, 0.717) is 12.8 Å². The number of carbonyl (C=O) groups excluding carboxylic acids is 2. The Labute approximate surface area is 344 Å². The Morgan fingerprint density at radius 2 is 0.768 bits per heavy atom. The molecule has 0 radical (unpaired) electrons. The molecule has 0 aliphatic heterocycles. The van der Waals surface area contributed by atoms with Gasteiger partial charge in [-0.3, -0.25) is 9.59 Å². The Kier molecular flexibility index (Phi) is 43.1. The summed E-state index contributed by atoms with van der Waals surface area (Å²) in [6.45, 7) is 3.96. The lowest BCUT2D eigenvalue weighted by atomic mass is 10.1. The van der Waals surface area contributed by atoms with E-state index in [1.165, 1.54) is 57.8 Å². The molecule has 0 rings (SSSR count). The van der Waals surface area contributed by atoms with Crippen LogP contribution in [-0.2, 0) is 19.1 Å². The van der Waals surface area contributed by atoms with Gasteiger partial charge in [0.25, 0.3) is 0 Å². The SMILES string of the molecule is CC/C=C\C/C=C\C/C=C\C/C=C\C/C=C\C/C=C\C/C=C\C/C=C\CCCCC(=O)OC(CO)COC(=O)CCCCCCC/C=C\CCCCCCCC. The topological polar surface area (TPSA) is 72.8 Å². The summed E-state index contributed by atoms with van der Waals surface area (Å²) >= 11 is 0. The van der Waals surface area contributed by atoms with Crippen LogP contribution in [0.5, 0.6) is 0 Å². The Morgan fingerprint density at radius 1 is 0.429 bits per heavy atom. The van der Waals surface area contributed by atoms with E-state index in [4.69, 9.17) is 9.47 Å². The van der Waals surface area contributed by atoms with Crippen molar-refractivity contribution in [2.75, 3.05) is 13.2 Å². The van der Waals surface area contributed by atoms with Gasteiger partial charge in [-0.2, -0.15) is 0 Å². The molecule has 316 valence electrons. The maximum absolute atomic E-state index is 12.2. The predicted molar refractivity (Wildman–Crippen MR) is 242 cm³/mol. The van der Waals surface area contributed by atoms with Gasteiger partial charge in [-0.25, -0.2) is 0 Å². The third-order valence-corrected chi connectivity index (χ3v) is 9.05. The number of hydrogen-bond donors (Lipinski definition) is 1. The molecule has 0 aromatic heterocycles. The fraction of sp³-hybridized carbons (Fsp3) is 0.608. The summed E-state index contributed by atoms with van der Waals surface area (Å²) in [5.74, 6) is -0.661. The second-order valence-electron chi connectivity index (χ2n) is 14.4. The molecule has 0 saturated carbocycles. The Morgan fingerprint density at radius 3 is 1.21 bits per heavy atom. The molecule has 0 aromatic carbocycles. The molecule has 0 bridgehead atoms. The van der Waals surface area contributed by atoms with Gasteiger partial charge in [0.15, 0.2) is 6.10 Å². The van der Waals surface area contributed by atoms with E-state index in [1.54, 1.807) is 0 Å². The molecule has 56 heavy (non-hydrogen) atoms. The normalized spacial score (nSPS) is 13.3. The molecule has 0 amide bonds. The average Bonchev–Trinajstić information content (AvgIpc) is 3.20. The van der Waals surface area contributed by atoms with Crippen LogP contribution < -0.4 is 0 Å². The molecule has 0 aromatic rings. The predicted octanol–water partition coefficient (Wildman–Crippen LogP) is 14.6. The van der Waals surface area contributed by atoms with Crippen molar-refractivity contribution >= 4 is 11.9 Å². The van der Waals surface area contributed by atoms with Crippen molar-refractivity contribution < 1.29 is 24.2 Å². The third kappa shape index (κ3) is 43.3. The Balaban J connectivity index is 3.71. The molecular weight excluding hydrogens is 693 g/mol. The van der Waals surface area contributed by atoms with E-state index in [9.17, 15) is 14.7 Å². The van der Waals surface area contributed by atoms with Crippen LogP contribution >= 0.6 is 0 Å². The number of allylic oxidation sites excluding steroid dienone is 18. The summed E-state index contributed by atoms with van der Waals surface area (Å²) in [6, 6.07) is 0. The number of hydrogen-bond acceptors (Lipinski definition) is 5. The zero-order valence-electron chi connectivity index (χ0n) is 35.8. The molecule has 0 fully saturated rings. The number of aliphatic hydroxyl groups excluding tert-OH is 1. The first-order valence-corrected chi connectivity index (χ1v) is 22.4. The maximum Gasteiger partial charge on any atom is 0.306 e. The van der Waals surface area contributed by atoms with E-state index in [-0.39, 0.29) is 25.2 Å². The zero-order chi connectivity index (χ0) is 40.7. The van der Waals surface area contributed by atoms with Crippen molar-refractivity contribution in [3.8, 4) is 0 Å². The molecule has 0 aliphatic rings. The van der Waals surface area contributed by atoms with E-state index >= 15 is 0 Å². The molecule has 0 heterocycles. The minimum Gasteiger partial charge on any atom is -0.462 e. The van der Waals surface area contributed by atoms with Crippen LogP contribution in [-0.4, -0.2) is 36.4 Å². The van der Waals surface area contributed by atoms with Crippen molar-refractivity contribution in [3.63, 3.8) is 0 Å². The lowest BCUT2D eigenvalue weighted by Gasteiger charge is -2.15. The minimum atomic E-state index is -0.805. The van der Waals surface area contributed by atoms with Gasteiger partial charge in [-0.15, -0.1) is 0 Å². The molecule has 0 saturated heterocycles. The van der Waals surface area contributed by atoms with Crippen LogP contribution in [0.25, 0.3) is 0 Å². The van der Waals surface area contributed by atoms with Gasteiger partial charge in [-0.05, 0) is 103 Å². The molecular formula is C51H82O5. The van der Waals surface area contributed by atoms with E-state index in [2.05, 4.69) is 123 Å². The van der Waals surface area contributed by atoms with Crippen LogP contribution in [0.4, 0.5) is 0 Å². The van der Waals surface area contributed by atoms with Gasteiger partial charge >= 0.3 is 11.9 Å². The van der Waals surface area contributed by atoms with Gasteiger partial charge in [0.05, 0.1) is 6.61 Å². The smallest absolute Gasteiger partial charge is 0.306 e. The number of unbranched alkanes of at least 4 members (excludes halogenated alkanes) is 13. The lowest BCUT2D eigenvalue weighted by molar-refractivity contribution is -0.161. The zero-order valence-corrected chi connectivity index (χ0v) is 35.8. The lowest BCUT2D eigenvalue weighted by Crippen LogP contribution is -2.28. The monoisotopic (exact) mass is 775 g/mol. The molecule has 0 aliphatic carbocycles. The second kappa shape index (κ2) is 45.9. The van der Waals surface area contributed by atoms with Crippen LogP contribution in [0, 0.1) is 0 Å². The molecule has 5 nitrogen and oxygen atoms in total. The van der Waals surface area contributed by atoms with E-state index in [1.807, 2.05) is 0 Å². The van der Waals surface area contributed by atoms with Crippen molar-refractivity contribution in [1.82, 2.24) is 0 Å². The summed E-state index contributed by atoms with van der Waals surface area (Å²) in [6.07, 6.45) is 65.9. The van der Waals surface area contributed by atoms with E-state index < -0.39 is 6.10 Å². The highest BCUT2D eigenvalue weighted by Gasteiger charge is 2.16. The van der Waals surface area contributed by atoms with Gasteiger partial charge in [0.1, 0.15) is 6.61 Å². The van der Waals surface area contributed by atoms with Gasteiger partial charge in [0, 0.05) is 12.8 Å². The summed E-state index contributed by atoms with van der Waals surface area (Å²) < 4.78 is 10.6. The molecule has 1 unspecified atom stereocenters. The first kappa shape index (κ1) is 52.6. The summed E-state index contributed by atoms with van der Waals surface area (Å²) in [4.78, 5) is 24.3. The average molecular weight is 775 g/mol. The van der Waals surface area contributed by atoms with Crippen LogP contribution in [0.15, 0.2) is 109 Å². The molecule has 5 heteroatoms. The summed E-state index contributed by atoms with van der Waals surface area (Å²) in [5, 5.41) is 9.58. The Hall–Kier alpha value is -3.44. The van der Waals surface area contributed by atoms with Gasteiger partial charge < -0.3 is 14.6 Å². The van der Waals surface area contributed by atoms with Gasteiger partial charge in [-0.1, -0.05) is 175 Å². The summed E-state index contributed by atoms with van der Waals surface area (Å²) in [5.41, 5.74) is 0. The van der Waals surface area contributed by atoms with Crippen molar-refractivity contribution in [2.24, 2.45) is 0 Å². The van der Waals surface area contributed by atoms with Crippen LogP contribution in [0.1, 0.15) is 181 Å². The maximum atomic E-state index is 12.2. The largest absolute Gasteiger partial charge is 0.462 e. The fourth-order valence-electron chi connectivity index (χ4n) is 5.68. The quantitative estimate of drug-likeness (QED) is 0.0382. The number of rotatable bonds is 39. The Bertz CT molecular complexity index is 1150. The molecule has 1 N–H and O–H groups in total. The number of ether oxygens (including phenoxy) is 2. The van der Waals surface area contributed by atoms with E-state index in [0.717, 1.165) is 96.3 Å². The van der Waals surface area contributed by atoms with Crippen molar-refractivity contribution in [3.05, 3.63) is 109 Å². The van der Waals surface area contributed by atoms with Crippen molar-refractivity contribution in [2.45, 2.75) is 187 Å². The van der Waals surface area contributed by atoms with Crippen LogP contribution in [0.3, 0.4) is 0 Å². The highest BCUT2D eigenvalue weighted by Crippen LogP contribution is 2.11. The van der Waals surface area contributed by atoms with Gasteiger partial charge in [0.2, 0.25) is 0 Å². The molecule has 0 spiro atoms.